The first-order valence-corrected chi connectivity index (χ1v) is 9.66. The van der Waals surface area contributed by atoms with Crippen molar-refractivity contribution >= 4 is 16.9 Å². The molecule has 6 nitrogen and oxygen atoms in total. The average molecular weight is 374 g/mol. The van der Waals surface area contributed by atoms with Crippen LogP contribution in [0.1, 0.15) is 36.4 Å². The molecular formula is C21H30N2O4. The summed E-state index contributed by atoms with van der Waals surface area (Å²) in [5, 5.41) is 3.99. The van der Waals surface area contributed by atoms with Crippen LogP contribution in [0.3, 0.4) is 0 Å². The molecule has 1 atom stereocenters. The molecule has 148 valence electrons. The van der Waals surface area contributed by atoms with Crippen molar-refractivity contribution in [3.63, 3.8) is 0 Å². The summed E-state index contributed by atoms with van der Waals surface area (Å²) in [7, 11) is 1.63. The second-order valence-electron chi connectivity index (χ2n) is 7.56. The van der Waals surface area contributed by atoms with Gasteiger partial charge >= 0.3 is 0 Å². The van der Waals surface area contributed by atoms with Crippen molar-refractivity contribution in [2.45, 2.75) is 33.2 Å². The first-order chi connectivity index (χ1) is 13.0. The van der Waals surface area contributed by atoms with Gasteiger partial charge in [0.25, 0.3) is 5.91 Å². The number of amides is 1. The summed E-state index contributed by atoms with van der Waals surface area (Å²) in [5.74, 6) is 1.53. The van der Waals surface area contributed by atoms with E-state index in [0.717, 1.165) is 49.4 Å². The van der Waals surface area contributed by atoms with E-state index in [0.29, 0.717) is 29.8 Å². The van der Waals surface area contributed by atoms with Crippen LogP contribution in [0.15, 0.2) is 22.6 Å². The number of nitrogens with one attached hydrogen (secondary N) is 1. The van der Waals surface area contributed by atoms with Crippen LogP contribution in [-0.4, -0.2) is 56.8 Å². The fraction of sp³-hybridized carbons (Fsp3) is 0.571. The zero-order chi connectivity index (χ0) is 19.4. The maximum atomic E-state index is 12.8. The first kappa shape index (κ1) is 19.7. The summed E-state index contributed by atoms with van der Waals surface area (Å²) in [4.78, 5) is 15.2. The minimum absolute atomic E-state index is 0.162. The molecule has 1 aromatic carbocycles. The molecule has 1 aliphatic heterocycles. The fourth-order valence-electron chi connectivity index (χ4n) is 3.68. The Morgan fingerprint density at radius 2 is 2.04 bits per heavy atom. The summed E-state index contributed by atoms with van der Waals surface area (Å²) in [6.07, 6.45) is 1.04. The van der Waals surface area contributed by atoms with Crippen molar-refractivity contribution in [1.82, 2.24) is 10.2 Å². The highest BCUT2D eigenvalue weighted by molar-refractivity contribution is 5.99. The van der Waals surface area contributed by atoms with Gasteiger partial charge in [0.1, 0.15) is 11.3 Å². The van der Waals surface area contributed by atoms with Crippen LogP contribution < -0.4 is 10.1 Å². The van der Waals surface area contributed by atoms with E-state index in [4.69, 9.17) is 13.9 Å². The monoisotopic (exact) mass is 374 g/mol. The third-order valence-corrected chi connectivity index (χ3v) is 5.15. The molecule has 2 heterocycles. The van der Waals surface area contributed by atoms with Crippen molar-refractivity contribution < 1.29 is 18.7 Å². The molecule has 1 fully saturated rings. The number of morpholine rings is 1. The van der Waals surface area contributed by atoms with Crippen molar-refractivity contribution in [3.8, 4) is 5.75 Å². The van der Waals surface area contributed by atoms with E-state index in [1.165, 1.54) is 0 Å². The number of carbonyl (C=O) groups excluding carboxylic acids is 1. The SMILES string of the molecule is COc1ccc2oc(C(=O)NCC(CC(C)C)N3CCOCC3)c(C)c2c1. The summed E-state index contributed by atoms with van der Waals surface area (Å²) in [6, 6.07) is 5.89. The quantitative estimate of drug-likeness (QED) is 0.806. The van der Waals surface area contributed by atoms with Crippen LogP contribution in [0.5, 0.6) is 5.75 Å². The molecule has 1 amide bonds. The normalized spacial score (nSPS) is 16.6. The van der Waals surface area contributed by atoms with Gasteiger partial charge in [0.2, 0.25) is 0 Å². The lowest BCUT2D eigenvalue weighted by molar-refractivity contribution is 0.0124. The smallest absolute Gasteiger partial charge is 0.287 e. The van der Waals surface area contributed by atoms with E-state index in [9.17, 15) is 4.79 Å². The third kappa shape index (κ3) is 4.62. The maximum Gasteiger partial charge on any atom is 0.287 e. The molecule has 0 saturated carbocycles. The lowest BCUT2D eigenvalue weighted by atomic mass is 10.0. The van der Waals surface area contributed by atoms with Crippen LogP contribution in [0, 0.1) is 12.8 Å². The van der Waals surface area contributed by atoms with Gasteiger partial charge in [0, 0.05) is 36.6 Å². The van der Waals surface area contributed by atoms with Gasteiger partial charge in [-0.1, -0.05) is 13.8 Å². The number of ether oxygens (including phenoxy) is 2. The van der Waals surface area contributed by atoms with Crippen LogP contribution in [0.4, 0.5) is 0 Å². The van der Waals surface area contributed by atoms with Crippen LogP contribution >= 0.6 is 0 Å². The molecule has 27 heavy (non-hydrogen) atoms. The number of benzene rings is 1. The molecule has 1 N–H and O–H groups in total. The Hall–Kier alpha value is -2.05. The molecule has 1 saturated heterocycles. The first-order valence-electron chi connectivity index (χ1n) is 9.66. The number of hydrogen-bond donors (Lipinski definition) is 1. The molecule has 0 bridgehead atoms. The van der Waals surface area contributed by atoms with Gasteiger partial charge in [-0.25, -0.2) is 0 Å². The summed E-state index contributed by atoms with van der Waals surface area (Å²) in [5.41, 5.74) is 1.54. The van der Waals surface area contributed by atoms with Crippen LogP contribution in [0.2, 0.25) is 0 Å². The van der Waals surface area contributed by atoms with Gasteiger partial charge < -0.3 is 19.2 Å². The Morgan fingerprint density at radius 3 is 2.70 bits per heavy atom. The lowest BCUT2D eigenvalue weighted by Crippen LogP contribution is -2.49. The fourth-order valence-corrected chi connectivity index (χ4v) is 3.68. The van der Waals surface area contributed by atoms with Crippen molar-refractivity contribution in [2.24, 2.45) is 5.92 Å². The number of nitrogens with zero attached hydrogens (tertiary/aromatic N) is 1. The van der Waals surface area contributed by atoms with Gasteiger partial charge in [0.15, 0.2) is 5.76 Å². The molecule has 1 aromatic heterocycles. The second kappa shape index (κ2) is 8.76. The summed E-state index contributed by atoms with van der Waals surface area (Å²) >= 11 is 0. The van der Waals surface area contributed by atoms with Crippen molar-refractivity contribution in [3.05, 3.63) is 29.5 Å². The average Bonchev–Trinajstić information content (AvgIpc) is 3.01. The third-order valence-electron chi connectivity index (χ3n) is 5.15. The number of carbonyl (C=O) groups is 1. The number of rotatable bonds is 7. The number of aryl methyl sites for hydroxylation is 1. The number of methoxy groups -OCH3 is 1. The number of furan rings is 1. The largest absolute Gasteiger partial charge is 0.497 e. The van der Waals surface area contributed by atoms with Gasteiger partial charge in [-0.15, -0.1) is 0 Å². The Kier molecular flexibility index (Phi) is 6.39. The van der Waals surface area contributed by atoms with Crippen LogP contribution in [-0.2, 0) is 4.74 Å². The molecule has 0 spiro atoms. The minimum atomic E-state index is -0.162. The van der Waals surface area contributed by atoms with Crippen molar-refractivity contribution in [2.75, 3.05) is 40.0 Å². The molecular weight excluding hydrogens is 344 g/mol. The van der Waals surface area contributed by atoms with E-state index >= 15 is 0 Å². The number of fused-ring (bicyclic) bond motifs is 1. The Bertz CT molecular complexity index is 778. The van der Waals surface area contributed by atoms with E-state index < -0.39 is 0 Å². The minimum Gasteiger partial charge on any atom is -0.497 e. The molecule has 6 heteroatoms. The molecule has 2 aromatic rings. The van der Waals surface area contributed by atoms with Gasteiger partial charge in [-0.05, 0) is 37.5 Å². The van der Waals surface area contributed by atoms with E-state index in [2.05, 4.69) is 24.1 Å². The number of hydrogen-bond acceptors (Lipinski definition) is 5. The topological polar surface area (TPSA) is 63.9 Å². The Morgan fingerprint density at radius 1 is 1.30 bits per heavy atom. The van der Waals surface area contributed by atoms with Gasteiger partial charge in [-0.3, -0.25) is 9.69 Å². The van der Waals surface area contributed by atoms with Crippen LogP contribution in [0.25, 0.3) is 11.0 Å². The van der Waals surface area contributed by atoms with E-state index in [-0.39, 0.29) is 5.91 Å². The van der Waals surface area contributed by atoms with E-state index in [1.54, 1.807) is 7.11 Å². The molecule has 3 rings (SSSR count). The van der Waals surface area contributed by atoms with E-state index in [1.807, 2.05) is 25.1 Å². The Balaban J connectivity index is 1.71. The predicted octanol–water partition coefficient (Wildman–Crippen LogP) is 3.23. The highest BCUT2D eigenvalue weighted by Gasteiger charge is 2.24. The molecule has 0 radical (unpaired) electrons. The van der Waals surface area contributed by atoms with Gasteiger partial charge in [0.05, 0.1) is 20.3 Å². The predicted molar refractivity (Wildman–Crippen MR) is 105 cm³/mol. The Labute approximate surface area is 160 Å². The molecule has 1 unspecified atom stereocenters. The molecule has 1 aliphatic rings. The summed E-state index contributed by atoms with van der Waals surface area (Å²) < 4.78 is 16.6. The lowest BCUT2D eigenvalue weighted by Gasteiger charge is -2.35. The highest BCUT2D eigenvalue weighted by Crippen LogP contribution is 2.28. The van der Waals surface area contributed by atoms with Crippen molar-refractivity contribution in [1.29, 1.82) is 0 Å². The zero-order valence-electron chi connectivity index (χ0n) is 16.7. The maximum absolute atomic E-state index is 12.8. The zero-order valence-corrected chi connectivity index (χ0v) is 16.7. The highest BCUT2D eigenvalue weighted by atomic mass is 16.5. The van der Waals surface area contributed by atoms with Gasteiger partial charge in [-0.2, -0.15) is 0 Å². The summed E-state index contributed by atoms with van der Waals surface area (Å²) in [6.45, 7) is 10.3. The molecule has 0 aliphatic carbocycles. The second-order valence-corrected chi connectivity index (χ2v) is 7.56. The standard InChI is InChI=1S/C21H30N2O4/c1-14(2)11-16(23-7-9-26-10-8-23)13-22-21(24)20-15(3)18-12-17(25-4)5-6-19(18)27-20/h5-6,12,14,16H,7-11,13H2,1-4H3,(H,22,24).